The van der Waals surface area contributed by atoms with Crippen molar-refractivity contribution in [1.82, 2.24) is 4.40 Å². The molecule has 0 unspecified atom stereocenters. The van der Waals surface area contributed by atoms with E-state index in [0.29, 0.717) is 11.3 Å². The van der Waals surface area contributed by atoms with E-state index < -0.39 is 11.5 Å². The number of aromatic carboxylic acids is 1. The van der Waals surface area contributed by atoms with E-state index in [0.717, 1.165) is 0 Å². The molecule has 5 heteroatoms. The van der Waals surface area contributed by atoms with Crippen molar-refractivity contribution in [3.63, 3.8) is 0 Å². The molecule has 0 fully saturated rings. The summed E-state index contributed by atoms with van der Waals surface area (Å²) in [6, 6.07) is 6.32. The molecule has 2 aromatic rings. The van der Waals surface area contributed by atoms with Crippen LogP contribution in [-0.4, -0.2) is 22.1 Å². The van der Waals surface area contributed by atoms with Crippen molar-refractivity contribution < 1.29 is 14.6 Å². The molecule has 0 aromatic carbocycles. The maximum absolute atomic E-state index is 11.9. The van der Waals surface area contributed by atoms with Gasteiger partial charge in [0, 0.05) is 12.3 Å². The van der Waals surface area contributed by atoms with E-state index in [1.54, 1.807) is 24.3 Å². The maximum Gasteiger partial charge on any atom is 0.341 e. The lowest BCUT2D eigenvalue weighted by atomic mass is 10.2. The van der Waals surface area contributed by atoms with E-state index in [2.05, 4.69) is 6.58 Å². The van der Waals surface area contributed by atoms with Gasteiger partial charge in [-0.3, -0.25) is 9.20 Å². The largest absolute Gasteiger partial charge is 0.487 e. The smallest absolute Gasteiger partial charge is 0.341 e. The van der Waals surface area contributed by atoms with Gasteiger partial charge in [-0.05, 0) is 12.1 Å². The van der Waals surface area contributed by atoms with E-state index in [4.69, 9.17) is 9.84 Å². The summed E-state index contributed by atoms with van der Waals surface area (Å²) in [6.07, 6.45) is 3.05. The van der Waals surface area contributed by atoms with Crippen LogP contribution < -0.4 is 10.3 Å². The van der Waals surface area contributed by atoms with Crippen LogP contribution >= 0.6 is 0 Å². The molecule has 0 amide bonds. The quantitative estimate of drug-likeness (QED) is 0.830. The topological polar surface area (TPSA) is 68.0 Å². The van der Waals surface area contributed by atoms with Gasteiger partial charge in [-0.2, -0.15) is 0 Å². The number of carbonyl (C=O) groups is 1. The van der Waals surface area contributed by atoms with Crippen molar-refractivity contribution in [1.29, 1.82) is 0 Å². The lowest BCUT2D eigenvalue weighted by molar-refractivity contribution is 0.0694. The molecule has 0 spiro atoms. The molecule has 0 atom stereocenters. The Kier molecular flexibility index (Phi) is 3.14. The fraction of sp³-hybridized carbons (Fsp3) is 0.0769. The number of aromatic nitrogens is 1. The zero-order valence-corrected chi connectivity index (χ0v) is 9.50. The van der Waals surface area contributed by atoms with Gasteiger partial charge in [-0.25, -0.2) is 4.79 Å². The van der Waals surface area contributed by atoms with Gasteiger partial charge in [-0.1, -0.05) is 18.7 Å². The SMILES string of the molecule is C=CCOc1cc(C(=O)O)c(=O)n2ccccc12. The Morgan fingerprint density at radius 3 is 2.94 bits per heavy atom. The molecule has 2 heterocycles. The molecular formula is C13H11NO4. The van der Waals surface area contributed by atoms with E-state index in [-0.39, 0.29) is 12.2 Å². The monoisotopic (exact) mass is 245 g/mol. The zero-order valence-electron chi connectivity index (χ0n) is 9.50. The minimum Gasteiger partial charge on any atom is -0.487 e. The Morgan fingerprint density at radius 1 is 1.50 bits per heavy atom. The summed E-state index contributed by atoms with van der Waals surface area (Å²) in [5.41, 5.74) is -0.379. The Bertz CT molecular complexity index is 672. The number of hydrogen-bond donors (Lipinski definition) is 1. The number of rotatable bonds is 4. The van der Waals surface area contributed by atoms with Crippen LogP contribution in [0.4, 0.5) is 0 Å². The van der Waals surface area contributed by atoms with Gasteiger partial charge in [0.1, 0.15) is 17.9 Å². The van der Waals surface area contributed by atoms with Gasteiger partial charge < -0.3 is 9.84 Å². The van der Waals surface area contributed by atoms with Crippen LogP contribution in [0.25, 0.3) is 5.52 Å². The third kappa shape index (κ3) is 1.98. The molecule has 0 saturated heterocycles. The van der Waals surface area contributed by atoms with E-state index in [1.165, 1.54) is 16.7 Å². The fourth-order valence-electron chi connectivity index (χ4n) is 1.64. The van der Waals surface area contributed by atoms with Crippen molar-refractivity contribution in [2.24, 2.45) is 0 Å². The molecule has 0 bridgehead atoms. The molecule has 18 heavy (non-hydrogen) atoms. The number of fused-ring (bicyclic) bond motifs is 1. The van der Waals surface area contributed by atoms with Crippen LogP contribution in [0.3, 0.4) is 0 Å². The first kappa shape index (κ1) is 11.9. The second-order valence-corrected chi connectivity index (χ2v) is 3.59. The van der Waals surface area contributed by atoms with Crippen molar-refractivity contribution in [3.8, 4) is 5.75 Å². The Labute approximate surface area is 103 Å². The Balaban J connectivity index is 2.75. The average molecular weight is 245 g/mol. The molecule has 2 aromatic heterocycles. The predicted molar refractivity (Wildman–Crippen MR) is 66.3 cm³/mol. The van der Waals surface area contributed by atoms with Gasteiger partial charge >= 0.3 is 5.97 Å². The number of carboxylic acids is 1. The Morgan fingerprint density at radius 2 is 2.28 bits per heavy atom. The first-order chi connectivity index (χ1) is 8.65. The number of hydrogen-bond acceptors (Lipinski definition) is 3. The van der Waals surface area contributed by atoms with Crippen molar-refractivity contribution in [3.05, 3.63) is 59.0 Å². The summed E-state index contributed by atoms with van der Waals surface area (Å²) >= 11 is 0. The van der Waals surface area contributed by atoms with Crippen molar-refractivity contribution in [2.75, 3.05) is 6.61 Å². The lowest BCUT2D eigenvalue weighted by Crippen LogP contribution is -2.22. The van der Waals surface area contributed by atoms with Crippen LogP contribution in [0.5, 0.6) is 5.75 Å². The molecule has 0 saturated carbocycles. The highest BCUT2D eigenvalue weighted by molar-refractivity contribution is 5.88. The molecule has 0 aliphatic rings. The first-order valence-corrected chi connectivity index (χ1v) is 5.26. The van der Waals surface area contributed by atoms with E-state index in [9.17, 15) is 9.59 Å². The van der Waals surface area contributed by atoms with Crippen LogP contribution in [0, 0.1) is 0 Å². The number of pyridine rings is 2. The molecule has 92 valence electrons. The number of ether oxygens (including phenoxy) is 1. The first-order valence-electron chi connectivity index (χ1n) is 5.26. The molecule has 0 radical (unpaired) electrons. The predicted octanol–water partition coefficient (Wildman–Crippen LogP) is 1.56. The van der Waals surface area contributed by atoms with Crippen molar-refractivity contribution >= 4 is 11.5 Å². The summed E-state index contributed by atoms with van der Waals surface area (Å²) in [5, 5.41) is 8.99. The molecule has 0 aliphatic heterocycles. The van der Waals surface area contributed by atoms with E-state index in [1.807, 2.05) is 0 Å². The lowest BCUT2D eigenvalue weighted by Gasteiger charge is -2.09. The normalized spacial score (nSPS) is 10.2. The summed E-state index contributed by atoms with van der Waals surface area (Å²) < 4.78 is 6.63. The highest BCUT2D eigenvalue weighted by Crippen LogP contribution is 2.19. The number of nitrogens with zero attached hydrogens (tertiary/aromatic N) is 1. The molecule has 5 nitrogen and oxygen atoms in total. The standard InChI is InChI=1S/C13H11NO4/c1-2-7-18-11-8-9(13(16)17)12(15)14-6-4-3-5-10(11)14/h2-6,8H,1,7H2,(H,16,17). The van der Waals surface area contributed by atoms with Crippen molar-refractivity contribution in [2.45, 2.75) is 0 Å². The fourth-order valence-corrected chi connectivity index (χ4v) is 1.64. The average Bonchev–Trinajstić information content (AvgIpc) is 2.38. The van der Waals surface area contributed by atoms with Gasteiger partial charge in [0.25, 0.3) is 5.56 Å². The Hall–Kier alpha value is -2.56. The highest BCUT2D eigenvalue weighted by atomic mass is 16.5. The second-order valence-electron chi connectivity index (χ2n) is 3.59. The molecule has 1 N–H and O–H groups in total. The summed E-state index contributed by atoms with van der Waals surface area (Å²) in [6.45, 7) is 3.76. The van der Waals surface area contributed by atoms with E-state index >= 15 is 0 Å². The number of carboxylic acid groups (broad SMARTS) is 1. The third-order valence-electron chi connectivity index (χ3n) is 2.42. The van der Waals surface area contributed by atoms with Crippen LogP contribution in [0.1, 0.15) is 10.4 Å². The van der Waals surface area contributed by atoms with Gasteiger partial charge in [0.15, 0.2) is 0 Å². The van der Waals surface area contributed by atoms with Gasteiger partial charge in [-0.15, -0.1) is 0 Å². The molecule has 2 rings (SSSR count). The minimum atomic E-state index is -1.28. The molecular weight excluding hydrogens is 234 g/mol. The third-order valence-corrected chi connectivity index (χ3v) is 2.42. The van der Waals surface area contributed by atoms with Crippen LogP contribution in [0.2, 0.25) is 0 Å². The zero-order chi connectivity index (χ0) is 13.1. The minimum absolute atomic E-state index is 0.238. The molecule has 0 aliphatic carbocycles. The summed E-state index contributed by atoms with van der Waals surface area (Å²) in [5.74, 6) is -0.936. The second kappa shape index (κ2) is 4.75. The summed E-state index contributed by atoms with van der Waals surface area (Å²) in [4.78, 5) is 22.9. The van der Waals surface area contributed by atoms with Crippen LogP contribution in [-0.2, 0) is 0 Å². The van der Waals surface area contributed by atoms with Gasteiger partial charge in [0.05, 0.1) is 5.52 Å². The van der Waals surface area contributed by atoms with Gasteiger partial charge in [0.2, 0.25) is 0 Å². The van der Waals surface area contributed by atoms with Crippen LogP contribution in [0.15, 0.2) is 47.9 Å². The summed E-state index contributed by atoms with van der Waals surface area (Å²) in [7, 11) is 0. The maximum atomic E-state index is 11.9. The highest BCUT2D eigenvalue weighted by Gasteiger charge is 2.14.